The maximum absolute atomic E-state index is 5.67. The molecule has 0 heterocycles. The van der Waals surface area contributed by atoms with Crippen molar-refractivity contribution in [1.29, 1.82) is 0 Å². The molecule has 0 fully saturated rings. The molecular weight excluding hydrogens is 199 g/mol. The van der Waals surface area contributed by atoms with Crippen molar-refractivity contribution in [2.45, 2.75) is 18.9 Å². The summed E-state index contributed by atoms with van der Waals surface area (Å²) in [5.41, 5.74) is 0. The summed E-state index contributed by atoms with van der Waals surface area (Å²) in [5, 5.41) is 0. The fourth-order valence-corrected chi connectivity index (χ4v) is 2.19. The van der Waals surface area contributed by atoms with Gasteiger partial charge in [-0.3, -0.25) is 0 Å². The Morgan fingerprint density at radius 3 is 2.64 bits per heavy atom. The summed E-state index contributed by atoms with van der Waals surface area (Å²) in [6.45, 7) is 4.98. The molecule has 66 valence electrons. The van der Waals surface area contributed by atoms with Crippen molar-refractivity contribution in [2.75, 3.05) is 13.2 Å². The van der Waals surface area contributed by atoms with Crippen LogP contribution in [0.5, 0.6) is 0 Å². The highest BCUT2D eigenvalue weighted by Gasteiger charge is 1.99. The second-order valence-corrected chi connectivity index (χ2v) is 7.44. The summed E-state index contributed by atoms with van der Waals surface area (Å²) in [6.07, 6.45) is 3.89. The molecule has 0 aliphatic heterocycles. The molecule has 0 radical (unpaired) electrons. The third-order valence-corrected chi connectivity index (χ3v) is 3.35. The topological polar surface area (TPSA) is 9.23 Å². The number of unbranched alkanes of at least 4 members (excludes halogenated alkanes) is 1. The largest absolute Gasteiger partial charge is 0.377 e. The van der Waals surface area contributed by atoms with E-state index >= 15 is 0 Å². The van der Waals surface area contributed by atoms with Gasteiger partial charge in [-0.1, -0.05) is 12.5 Å². The van der Waals surface area contributed by atoms with E-state index in [1.165, 1.54) is 0 Å². The molecule has 0 unspecified atom stereocenters. The van der Waals surface area contributed by atoms with Crippen molar-refractivity contribution in [2.24, 2.45) is 0 Å². The molecule has 0 saturated heterocycles. The summed E-state index contributed by atoms with van der Waals surface area (Å²) in [7, 11) is -1.36. The molecule has 4 heteroatoms. The molecule has 1 nitrogen and oxygen atoms in total. The third-order valence-electron chi connectivity index (χ3n) is 1.20. The molecule has 0 atom stereocenters. The summed E-state index contributed by atoms with van der Waals surface area (Å²) in [6, 6.07) is 0.987. The Labute approximate surface area is 79.3 Å². The van der Waals surface area contributed by atoms with Crippen LogP contribution in [0.1, 0.15) is 12.8 Å². The van der Waals surface area contributed by atoms with E-state index in [9.17, 15) is 0 Å². The fraction of sp³-hybridized carbons (Fsp3) is 0.714. The molecule has 0 bridgehead atoms. The van der Waals surface area contributed by atoms with Crippen LogP contribution in [0.4, 0.5) is 0 Å². The van der Waals surface area contributed by atoms with Crippen LogP contribution in [0, 0.1) is 0 Å². The van der Waals surface area contributed by atoms with Gasteiger partial charge in [-0.05, 0) is 12.5 Å². The number of rotatable bonds is 7. The average Bonchev–Trinajstić information content (AvgIpc) is 1.96. The normalized spacial score (nSPS) is 10.5. The van der Waals surface area contributed by atoms with Crippen LogP contribution in [-0.4, -0.2) is 20.6 Å². The zero-order chi connectivity index (χ0) is 8.53. The molecule has 0 N–H and O–H groups in total. The molecule has 0 rings (SSSR count). The van der Waals surface area contributed by atoms with E-state index in [0.717, 1.165) is 25.5 Å². The minimum atomic E-state index is -1.36. The molecular formula is C7H14Cl2OSi. The first-order chi connectivity index (χ1) is 5.27. The van der Waals surface area contributed by atoms with Gasteiger partial charge in [0.25, 0.3) is 0 Å². The number of ether oxygens (including phenoxy) is 1. The lowest BCUT2D eigenvalue weighted by molar-refractivity contribution is 0.159. The Hall–Kier alpha value is 0.497. The van der Waals surface area contributed by atoms with E-state index < -0.39 is 7.42 Å². The van der Waals surface area contributed by atoms with Crippen molar-refractivity contribution in [3.8, 4) is 0 Å². The Morgan fingerprint density at radius 2 is 2.09 bits per heavy atom. The molecule has 0 aromatic carbocycles. The van der Waals surface area contributed by atoms with Gasteiger partial charge in [0.15, 0.2) is 0 Å². The number of hydrogen-bond donors (Lipinski definition) is 0. The van der Waals surface area contributed by atoms with Gasteiger partial charge in [0.1, 0.15) is 0 Å². The zero-order valence-corrected chi connectivity index (χ0v) is 9.23. The standard InChI is InChI=1S/C7H14Cl2OSi/c1-2-5-10-6-3-4-7-11(8)9/h2,11H,1,3-7H2. The van der Waals surface area contributed by atoms with E-state index in [-0.39, 0.29) is 0 Å². The lowest BCUT2D eigenvalue weighted by atomic mass is 10.4. The maximum Gasteiger partial charge on any atom is 0.237 e. The van der Waals surface area contributed by atoms with Crippen molar-refractivity contribution < 1.29 is 4.74 Å². The van der Waals surface area contributed by atoms with Gasteiger partial charge in [0, 0.05) is 6.61 Å². The Kier molecular flexibility index (Phi) is 8.98. The van der Waals surface area contributed by atoms with Gasteiger partial charge in [0.05, 0.1) is 6.61 Å². The van der Waals surface area contributed by atoms with Gasteiger partial charge in [-0.15, -0.1) is 6.58 Å². The number of halogens is 2. The second-order valence-electron chi connectivity index (χ2n) is 2.25. The predicted molar refractivity (Wildman–Crippen MR) is 53.9 cm³/mol. The Morgan fingerprint density at radius 1 is 1.36 bits per heavy atom. The van der Waals surface area contributed by atoms with Crippen molar-refractivity contribution in [3.05, 3.63) is 12.7 Å². The lowest BCUT2D eigenvalue weighted by Crippen LogP contribution is -1.96. The van der Waals surface area contributed by atoms with E-state index in [2.05, 4.69) is 6.58 Å². The maximum atomic E-state index is 5.67. The highest BCUT2D eigenvalue weighted by molar-refractivity contribution is 7.33. The molecule has 0 amide bonds. The Balaban J connectivity index is 2.85. The van der Waals surface area contributed by atoms with Crippen LogP contribution >= 0.6 is 22.2 Å². The van der Waals surface area contributed by atoms with E-state index in [0.29, 0.717) is 6.61 Å². The van der Waals surface area contributed by atoms with Gasteiger partial charge in [-0.25, -0.2) is 0 Å². The summed E-state index contributed by atoms with van der Waals surface area (Å²) >= 11 is 11.3. The first-order valence-electron chi connectivity index (χ1n) is 3.74. The van der Waals surface area contributed by atoms with Crippen LogP contribution in [-0.2, 0) is 4.74 Å². The van der Waals surface area contributed by atoms with Crippen LogP contribution < -0.4 is 0 Å². The predicted octanol–water partition coefficient (Wildman–Crippen LogP) is 2.67. The second kappa shape index (κ2) is 8.59. The van der Waals surface area contributed by atoms with Gasteiger partial charge in [-0.2, -0.15) is 22.2 Å². The molecule has 11 heavy (non-hydrogen) atoms. The molecule has 0 spiro atoms. The molecule has 0 aliphatic carbocycles. The highest BCUT2D eigenvalue weighted by Crippen LogP contribution is 2.08. The van der Waals surface area contributed by atoms with Crippen molar-refractivity contribution in [3.63, 3.8) is 0 Å². The molecule has 0 aromatic heterocycles. The van der Waals surface area contributed by atoms with E-state index in [4.69, 9.17) is 26.9 Å². The lowest BCUT2D eigenvalue weighted by Gasteiger charge is -2.00. The summed E-state index contributed by atoms with van der Waals surface area (Å²) < 4.78 is 5.18. The molecule has 0 aromatic rings. The fourth-order valence-electron chi connectivity index (χ4n) is 0.669. The van der Waals surface area contributed by atoms with Crippen LogP contribution in [0.25, 0.3) is 0 Å². The molecule has 0 saturated carbocycles. The minimum absolute atomic E-state index is 0.641. The zero-order valence-electron chi connectivity index (χ0n) is 6.56. The van der Waals surface area contributed by atoms with Crippen LogP contribution in [0.3, 0.4) is 0 Å². The Bertz CT molecular complexity index is 98.4. The summed E-state index contributed by atoms with van der Waals surface area (Å²) in [5.74, 6) is 0. The third kappa shape index (κ3) is 10.5. The van der Waals surface area contributed by atoms with E-state index in [1.54, 1.807) is 6.08 Å². The van der Waals surface area contributed by atoms with Gasteiger partial charge >= 0.3 is 0 Å². The quantitative estimate of drug-likeness (QED) is 0.273. The highest BCUT2D eigenvalue weighted by atomic mass is 35.7. The van der Waals surface area contributed by atoms with Gasteiger partial charge < -0.3 is 4.74 Å². The first kappa shape index (κ1) is 11.5. The van der Waals surface area contributed by atoms with Crippen LogP contribution in [0.15, 0.2) is 12.7 Å². The molecule has 0 aliphatic rings. The van der Waals surface area contributed by atoms with Crippen LogP contribution in [0.2, 0.25) is 6.04 Å². The summed E-state index contributed by atoms with van der Waals surface area (Å²) in [4.78, 5) is 0. The van der Waals surface area contributed by atoms with E-state index in [1.807, 2.05) is 0 Å². The average molecular weight is 213 g/mol. The van der Waals surface area contributed by atoms with Crippen molar-refractivity contribution >= 4 is 29.6 Å². The minimum Gasteiger partial charge on any atom is -0.377 e. The van der Waals surface area contributed by atoms with Gasteiger partial charge in [0.2, 0.25) is 7.42 Å². The van der Waals surface area contributed by atoms with Crippen molar-refractivity contribution in [1.82, 2.24) is 0 Å². The monoisotopic (exact) mass is 212 g/mol. The first-order valence-corrected chi connectivity index (χ1v) is 8.05. The smallest absolute Gasteiger partial charge is 0.237 e. The SMILES string of the molecule is C=CCOCCCC[SiH](Cl)Cl. The number of hydrogen-bond acceptors (Lipinski definition) is 1.